The van der Waals surface area contributed by atoms with Gasteiger partial charge in [-0.25, -0.2) is 0 Å². The Morgan fingerprint density at radius 2 is 1.27 bits per heavy atom. The zero-order valence-corrected chi connectivity index (χ0v) is 24.9. The molecule has 0 saturated carbocycles. The van der Waals surface area contributed by atoms with E-state index in [0.717, 1.165) is 16.7 Å². The highest BCUT2D eigenvalue weighted by Gasteiger charge is 2.29. The van der Waals surface area contributed by atoms with Crippen LogP contribution in [0.5, 0.6) is 5.75 Å². The van der Waals surface area contributed by atoms with Crippen LogP contribution in [0.2, 0.25) is 0 Å². The predicted octanol–water partition coefficient (Wildman–Crippen LogP) is 6.03. The number of amides is 2. The molecule has 226 valence electrons. The number of carbonyl (C=O) groups is 2. The summed E-state index contributed by atoms with van der Waals surface area (Å²) in [5.41, 5.74) is 10.3. The quantitative estimate of drug-likeness (QED) is 0.109. The minimum Gasteiger partial charge on any atom is -0.497 e. The fourth-order valence-electron chi connectivity index (χ4n) is 5.20. The van der Waals surface area contributed by atoms with Gasteiger partial charge in [-0.15, -0.1) is 0 Å². The van der Waals surface area contributed by atoms with Crippen molar-refractivity contribution in [3.63, 3.8) is 0 Å². The van der Waals surface area contributed by atoms with Gasteiger partial charge in [0.05, 0.1) is 13.0 Å². The van der Waals surface area contributed by atoms with Gasteiger partial charge in [-0.1, -0.05) is 103 Å². The third-order valence-corrected chi connectivity index (χ3v) is 7.42. The Kier molecular flexibility index (Phi) is 9.87. The number of ether oxygens (including phenoxy) is 1. The summed E-state index contributed by atoms with van der Waals surface area (Å²) in [6.07, 6.45) is 0. The lowest BCUT2D eigenvalue weighted by atomic mass is 9.90. The van der Waals surface area contributed by atoms with Crippen LogP contribution < -0.4 is 26.0 Å². The van der Waals surface area contributed by atoms with E-state index in [1.54, 1.807) is 60.5 Å². The first-order valence-electron chi connectivity index (χ1n) is 14.5. The van der Waals surface area contributed by atoms with Crippen molar-refractivity contribution in [1.82, 2.24) is 10.6 Å². The molecule has 2 amide bonds. The Morgan fingerprint density at radius 3 is 1.82 bits per heavy atom. The molecule has 5 rings (SSSR count). The molecule has 8 nitrogen and oxygen atoms in total. The summed E-state index contributed by atoms with van der Waals surface area (Å²) in [5.74, 6) is -0.882. The van der Waals surface area contributed by atoms with Crippen molar-refractivity contribution >= 4 is 29.1 Å². The summed E-state index contributed by atoms with van der Waals surface area (Å²) in [6, 6.07) is 41.8. The molecule has 0 radical (unpaired) electrons. The number of anilines is 2. The molecule has 0 saturated heterocycles. The lowest BCUT2D eigenvalue weighted by molar-refractivity contribution is -0.129. The van der Waals surface area contributed by atoms with Crippen molar-refractivity contribution in [2.45, 2.75) is 18.5 Å². The van der Waals surface area contributed by atoms with Crippen LogP contribution in [-0.4, -0.2) is 24.9 Å². The molecule has 1 atom stereocenters. The molecular weight excluding hydrogens is 562 g/mol. The summed E-state index contributed by atoms with van der Waals surface area (Å²) < 4.78 is 5.28. The van der Waals surface area contributed by atoms with Crippen molar-refractivity contribution in [2.24, 2.45) is 5.73 Å². The number of rotatable bonds is 11. The zero-order valence-electron chi connectivity index (χ0n) is 24.9. The van der Waals surface area contributed by atoms with Crippen molar-refractivity contribution in [1.29, 1.82) is 5.41 Å². The van der Waals surface area contributed by atoms with Crippen LogP contribution in [0.25, 0.3) is 0 Å². The van der Waals surface area contributed by atoms with E-state index in [-0.39, 0.29) is 24.3 Å². The van der Waals surface area contributed by atoms with Gasteiger partial charge in [-0.05, 0) is 58.7 Å². The maximum atomic E-state index is 14.1. The minimum atomic E-state index is -1.04. The molecule has 5 N–H and O–H groups in total. The van der Waals surface area contributed by atoms with Crippen LogP contribution >= 0.6 is 0 Å². The molecule has 0 bridgehead atoms. The lowest BCUT2D eigenvalue weighted by Crippen LogP contribution is -2.42. The van der Waals surface area contributed by atoms with E-state index >= 15 is 0 Å². The van der Waals surface area contributed by atoms with Gasteiger partial charge in [-0.2, -0.15) is 0 Å². The van der Waals surface area contributed by atoms with Gasteiger partial charge in [-0.3, -0.25) is 19.9 Å². The van der Waals surface area contributed by atoms with E-state index < -0.39 is 12.0 Å². The lowest BCUT2D eigenvalue weighted by Gasteiger charge is -2.26. The summed E-state index contributed by atoms with van der Waals surface area (Å²) in [6.45, 7) is 0.290. The van der Waals surface area contributed by atoms with Gasteiger partial charge in [0, 0.05) is 17.9 Å². The smallest absolute Gasteiger partial charge is 0.247 e. The zero-order chi connectivity index (χ0) is 31.6. The number of nitrogens with one attached hydrogen (secondary N) is 3. The molecule has 0 aliphatic carbocycles. The molecule has 5 aromatic rings. The van der Waals surface area contributed by atoms with Gasteiger partial charge in [0.2, 0.25) is 11.8 Å². The minimum absolute atomic E-state index is 0.209. The van der Waals surface area contributed by atoms with E-state index in [1.165, 1.54) is 0 Å². The number of carbonyl (C=O) groups excluding carboxylic acids is 2. The molecule has 0 fully saturated rings. The van der Waals surface area contributed by atoms with Crippen LogP contribution in [0.1, 0.15) is 34.2 Å². The Balaban J connectivity index is 1.51. The number of guanidine groups is 1. The first-order valence-corrected chi connectivity index (χ1v) is 14.5. The van der Waals surface area contributed by atoms with Gasteiger partial charge in [0.1, 0.15) is 11.8 Å². The number of benzene rings is 5. The average Bonchev–Trinajstić information content (AvgIpc) is 3.08. The Morgan fingerprint density at radius 1 is 0.711 bits per heavy atom. The summed E-state index contributed by atoms with van der Waals surface area (Å²) >= 11 is 0. The van der Waals surface area contributed by atoms with Gasteiger partial charge >= 0.3 is 0 Å². The van der Waals surface area contributed by atoms with Crippen molar-refractivity contribution in [3.05, 3.63) is 162 Å². The molecule has 0 aliphatic heterocycles. The van der Waals surface area contributed by atoms with Crippen LogP contribution in [0, 0.1) is 5.41 Å². The monoisotopic (exact) mass is 597 g/mol. The second kappa shape index (κ2) is 14.5. The molecule has 0 aliphatic rings. The van der Waals surface area contributed by atoms with E-state index in [9.17, 15) is 9.59 Å². The van der Waals surface area contributed by atoms with Crippen molar-refractivity contribution in [2.75, 3.05) is 12.0 Å². The van der Waals surface area contributed by atoms with Crippen molar-refractivity contribution < 1.29 is 14.3 Å². The predicted molar refractivity (Wildman–Crippen MR) is 177 cm³/mol. The summed E-state index contributed by atoms with van der Waals surface area (Å²) in [4.78, 5) is 29.6. The molecule has 0 heterocycles. The molecule has 45 heavy (non-hydrogen) atoms. The van der Waals surface area contributed by atoms with E-state index in [2.05, 4.69) is 10.6 Å². The third kappa shape index (κ3) is 7.55. The Hall–Kier alpha value is -5.89. The van der Waals surface area contributed by atoms with Gasteiger partial charge in [0.25, 0.3) is 0 Å². The van der Waals surface area contributed by atoms with Crippen LogP contribution in [0.15, 0.2) is 140 Å². The Labute approximate surface area is 263 Å². The van der Waals surface area contributed by atoms with E-state index in [1.807, 2.05) is 91.0 Å². The largest absolute Gasteiger partial charge is 0.497 e. The summed E-state index contributed by atoms with van der Waals surface area (Å²) in [7, 11) is 1.58. The standard InChI is InChI=1S/C37H35N5O3/c1-45-32-22-20-30(21-23-32)42(37(38)39)31-19-11-18-29(24-31)34(36(44)40-25-26-12-5-2-6-13-26)41-35(43)33(27-14-7-3-8-15-27)28-16-9-4-10-17-28/h2-24,33-34H,25H2,1H3,(H3,38,39)(H,40,44)(H,41,43)/t34-/m1/s1. The van der Waals surface area contributed by atoms with E-state index in [0.29, 0.717) is 22.7 Å². The molecular formula is C37H35N5O3. The highest BCUT2D eigenvalue weighted by atomic mass is 16.5. The van der Waals surface area contributed by atoms with Crippen molar-refractivity contribution in [3.8, 4) is 5.75 Å². The fourth-order valence-corrected chi connectivity index (χ4v) is 5.20. The van der Waals surface area contributed by atoms with Gasteiger partial charge in [0.15, 0.2) is 5.96 Å². The molecule has 0 aromatic heterocycles. The number of nitrogens with zero attached hydrogens (tertiary/aromatic N) is 1. The molecule has 5 aromatic carbocycles. The van der Waals surface area contributed by atoms with Gasteiger partial charge < -0.3 is 21.1 Å². The highest BCUT2D eigenvalue weighted by Crippen LogP contribution is 2.31. The SMILES string of the molecule is COc1ccc(N(C(=N)N)c2cccc([C@@H](NC(=O)C(c3ccccc3)c3ccccc3)C(=O)NCc3ccccc3)c2)cc1. The second-order valence-corrected chi connectivity index (χ2v) is 10.4. The normalized spacial score (nSPS) is 11.3. The third-order valence-electron chi connectivity index (χ3n) is 7.42. The molecule has 8 heteroatoms. The number of methoxy groups -OCH3 is 1. The summed E-state index contributed by atoms with van der Waals surface area (Å²) in [5, 5.41) is 14.4. The molecule has 0 unspecified atom stereocenters. The highest BCUT2D eigenvalue weighted by molar-refractivity contribution is 6.00. The maximum absolute atomic E-state index is 14.1. The first-order chi connectivity index (χ1) is 21.9. The van der Waals surface area contributed by atoms with Crippen LogP contribution in [0.4, 0.5) is 11.4 Å². The molecule has 0 spiro atoms. The van der Waals surface area contributed by atoms with Crippen LogP contribution in [-0.2, 0) is 16.1 Å². The van der Waals surface area contributed by atoms with E-state index in [4.69, 9.17) is 15.9 Å². The second-order valence-electron chi connectivity index (χ2n) is 10.4. The Bertz CT molecular complexity index is 1690. The first kappa shape index (κ1) is 30.6. The number of hydrogen-bond acceptors (Lipinski definition) is 4. The average molecular weight is 598 g/mol. The number of nitrogens with two attached hydrogens (primary N) is 1. The maximum Gasteiger partial charge on any atom is 0.247 e. The van der Waals surface area contributed by atoms with Crippen LogP contribution in [0.3, 0.4) is 0 Å². The number of hydrogen-bond donors (Lipinski definition) is 4. The topological polar surface area (TPSA) is 121 Å². The fraction of sp³-hybridized carbons (Fsp3) is 0.108.